The molecule has 0 aromatic heterocycles. The SMILES string of the molecule is CC(C)CC(C(=O)O)N1C(=O)CSC1c1ccc(F)cc1. The van der Waals surface area contributed by atoms with Gasteiger partial charge in [0.05, 0.1) is 5.75 Å². The summed E-state index contributed by atoms with van der Waals surface area (Å²) in [5.41, 5.74) is 0.752. The third-order valence-corrected chi connectivity index (χ3v) is 4.60. The second-order valence-electron chi connectivity index (χ2n) is 5.50. The standard InChI is InChI=1S/C15H18FNO3S/c1-9(2)7-12(15(19)20)17-13(18)8-21-14(17)10-3-5-11(16)6-4-10/h3-6,9,12,14H,7-8H2,1-2H3,(H,19,20). The van der Waals surface area contributed by atoms with Crippen molar-refractivity contribution in [2.45, 2.75) is 31.7 Å². The van der Waals surface area contributed by atoms with Crippen LogP contribution < -0.4 is 0 Å². The van der Waals surface area contributed by atoms with Gasteiger partial charge in [0, 0.05) is 0 Å². The number of carboxylic acid groups (broad SMARTS) is 1. The molecule has 114 valence electrons. The second kappa shape index (κ2) is 6.47. The minimum absolute atomic E-state index is 0.165. The van der Waals surface area contributed by atoms with Crippen LogP contribution in [0.4, 0.5) is 4.39 Å². The number of hydrogen-bond donors (Lipinski definition) is 1. The van der Waals surface area contributed by atoms with E-state index in [-0.39, 0.29) is 28.8 Å². The molecule has 21 heavy (non-hydrogen) atoms. The highest BCUT2D eigenvalue weighted by atomic mass is 32.2. The number of carbonyl (C=O) groups excluding carboxylic acids is 1. The Kier molecular flexibility index (Phi) is 4.88. The Morgan fingerprint density at radius 3 is 2.57 bits per heavy atom. The molecule has 1 aliphatic heterocycles. The van der Waals surface area contributed by atoms with Crippen molar-refractivity contribution < 1.29 is 19.1 Å². The van der Waals surface area contributed by atoms with Crippen molar-refractivity contribution in [2.24, 2.45) is 5.92 Å². The van der Waals surface area contributed by atoms with Gasteiger partial charge in [-0.15, -0.1) is 11.8 Å². The van der Waals surface area contributed by atoms with Gasteiger partial charge >= 0.3 is 5.97 Å². The maximum atomic E-state index is 13.0. The fourth-order valence-corrected chi connectivity index (χ4v) is 3.66. The fraction of sp³-hybridized carbons (Fsp3) is 0.467. The van der Waals surface area contributed by atoms with Gasteiger partial charge in [0.25, 0.3) is 0 Å². The highest BCUT2D eigenvalue weighted by Crippen LogP contribution is 2.41. The molecule has 2 rings (SSSR count). The van der Waals surface area contributed by atoms with Crippen molar-refractivity contribution in [3.05, 3.63) is 35.6 Å². The molecule has 1 saturated heterocycles. The number of thioether (sulfide) groups is 1. The molecule has 0 saturated carbocycles. The number of nitrogens with zero attached hydrogens (tertiary/aromatic N) is 1. The Balaban J connectivity index is 2.30. The summed E-state index contributed by atoms with van der Waals surface area (Å²) in [6.45, 7) is 3.85. The molecule has 0 radical (unpaired) electrons. The van der Waals surface area contributed by atoms with E-state index in [2.05, 4.69) is 0 Å². The molecule has 1 aliphatic rings. The summed E-state index contributed by atoms with van der Waals surface area (Å²) in [7, 11) is 0. The van der Waals surface area contributed by atoms with E-state index in [1.807, 2.05) is 13.8 Å². The van der Waals surface area contributed by atoms with Crippen LogP contribution in [-0.2, 0) is 9.59 Å². The first-order valence-corrected chi connectivity index (χ1v) is 7.86. The van der Waals surface area contributed by atoms with Crippen molar-refractivity contribution in [1.82, 2.24) is 4.90 Å². The minimum Gasteiger partial charge on any atom is -0.480 e. The second-order valence-corrected chi connectivity index (χ2v) is 6.57. The van der Waals surface area contributed by atoms with E-state index in [0.29, 0.717) is 6.42 Å². The average Bonchev–Trinajstić information content (AvgIpc) is 2.78. The molecule has 1 heterocycles. The molecule has 1 N–H and O–H groups in total. The maximum Gasteiger partial charge on any atom is 0.326 e. The zero-order valence-electron chi connectivity index (χ0n) is 12.0. The van der Waals surface area contributed by atoms with Crippen LogP contribution in [0, 0.1) is 11.7 Å². The van der Waals surface area contributed by atoms with Crippen LogP contribution >= 0.6 is 11.8 Å². The number of halogens is 1. The summed E-state index contributed by atoms with van der Waals surface area (Å²) < 4.78 is 13.0. The van der Waals surface area contributed by atoms with Gasteiger partial charge in [0.2, 0.25) is 5.91 Å². The fourth-order valence-electron chi connectivity index (χ4n) is 2.44. The highest BCUT2D eigenvalue weighted by Gasteiger charge is 2.41. The smallest absolute Gasteiger partial charge is 0.326 e. The van der Waals surface area contributed by atoms with Crippen LogP contribution in [0.5, 0.6) is 0 Å². The van der Waals surface area contributed by atoms with Crippen molar-refractivity contribution in [2.75, 3.05) is 5.75 Å². The first-order valence-electron chi connectivity index (χ1n) is 6.81. The Labute approximate surface area is 127 Å². The number of carboxylic acids is 1. The Morgan fingerprint density at radius 1 is 1.43 bits per heavy atom. The molecule has 0 spiro atoms. The number of aliphatic carboxylic acids is 1. The van der Waals surface area contributed by atoms with E-state index in [1.165, 1.54) is 28.8 Å². The lowest BCUT2D eigenvalue weighted by Crippen LogP contribution is -2.44. The van der Waals surface area contributed by atoms with Crippen LogP contribution in [-0.4, -0.2) is 33.7 Å². The van der Waals surface area contributed by atoms with E-state index in [9.17, 15) is 19.1 Å². The van der Waals surface area contributed by atoms with Gasteiger partial charge in [0.1, 0.15) is 17.2 Å². The average molecular weight is 311 g/mol. The zero-order valence-corrected chi connectivity index (χ0v) is 12.8. The molecule has 1 amide bonds. The monoisotopic (exact) mass is 311 g/mol. The molecule has 1 aromatic rings. The van der Waals surface area contributed by atoms with E-state index >= 15 is 0 Å². The summed E-state index contributed by atoms with van der Waals surface area (Å²) in [5.74, 6) is -1.10. The number of benzene rings is 1. The maximum absolute atomic E-state index is 13.0. The molecule has 1 aromatic carbocycles. The van der Waals surface area contributed by atoms with Gasteiger partial charge < -0.3 is 10.0 Å². The van der Waals surface area contributed by atoms with Gasteiger partial charge in [-0.1, -0.05) is 26.0 Å². The van der Waals surface area contributed by atoms with Crippen molar-refractivity contribution in [1.29, 1.82) is 0 Å². The lowest BCUT2D eigenvalue weighted by atomic mass is 10.0. The van der Waals surface area contributed by atoms with Crippen molar-refractivity contribution in [3.63, 3.8) is 0 Å². The van der Waals surface area contributed by atoms with Gasteiger partial charge in [-0.3, -0.25) is 4.79 Å². The molecule has 0 aliphatic carbocycles. The van der Waals surface area contributed by atoms with E-state index in [0.717, 1.165) is 5.56 Å². The normalized spacial score (nSPS) is 20.1. The molecule has 0 bridgehead atoms. The van der Waals surface area contributed by atoms with Crippen LogP contribution in [0.3, 0.4) is 0 Å². The highest BCUT2D eigenvalue weighted by molar-refractivity contribution is 8.00. The molecular weight excluding hydrogens is 293 g/mol. The summed E-state index contributed by atoms with van der Waals surface area (Å²) >= 11 is 1.38. The number of hydrogen-bond acceptors (Lipinski definition) is 3. The third-order valence-electron chi connectivity index (χ3n) is 3.38. The molecule has 2 unspecified atom stereocenters. The summed E-state index contributed by atoms with van der Waals surface area (Å²) in [4.78, 5) is 25.1. The van der Waals surface area contributed by atoms with Gasteiger partial charge in [-0.25, -0.2) is 9.18 Å². The van der Waals surface area contributed by atoms with Crippen molar-refractivity contribution in [3.8, 4) is 0 Å². The summed E-state index contributed by atoms with van der Waals surface area (Å²) in [6.07, 6.45) is 0.402. The molecule has 4 nitrogen and oxygen atoms in total. The predicted molar refractivity (Wildman–Crippen MR) is 79.3 cm³/mol. The largest absolute Gasteiger partial charge is 0.480 e. The van der Waals surface area contributed by atoms with Gasteiger partial charge in [-0.05, 0) is 30.0 Å². The summed E-state index contributed by atoms with van der Waals surface area (Å²) in [5, 5.41) is 9.08. The third kappa shape index (κ3) is 3.56. The Hall–Kier alpha value is -1.56. The molecule has 1 fully saturated rings. The topological polar surface area (TPSA) is 57.6 Å². The first kappa shape index (κ1) is 15.8. The van der Waals surface area contributed by atoms with Gasteiger partial charge in [0.15, 0.2) is 0 Å². The van der Waals surface area contributed by atoms with Crippen LogP contribution in [0.2, 0.25) is 0 Å². The lowest BCUT2D eigenvalue weighted by molar-refractivity contribution is -0.150. The zero-order chi connectivity index (χ0) is 15.6. The first-order chi connectivity index (χ1) is 9.90. The Bertz CT molecular complexity index is 532. The molecular formula is C15H18FNO3S. The quantitative estimate of drug-likeness (QED) is 0.908. The number of amides is 1. The molecule has 2 atom stereocenters. The van der Waals surface area contributed by atoms with Crippen LogP contribution in [0.15, 0.2) is 24.3 Å². The van der Waals surface area contributed by atoms with Crippen LogP contribution in [0.25, 0.3) is 0 Å². The minimum atomic E-state index is -0.994. The number of carbonyl (C=O) groups is 2. The van der Waals surface area contributed by atoms with Gasteiger partial charge in [-0.2, -0.15) is 0 Å². The number of rotatable bonds is 5. The predicted octanol–water partition coefficient (Wildman–Crippen LogP) is 2.90. The van der Waals surface area contributed by atoms with E-state index < -0.39 is 12.0 Å². The molecule has 6 heteroatoms. The Morgan fingerprint density at radius 2 is 2.05 bits per heavy atom. The van der Waals surface area contributed by atoms with E-state index in [4.69, 9.17) is 0 Å². The van der Waals surface area contributed by atoms with Crippen LogP contribution in [0.1, 0.15) is 31.2 Å². The van der Waals surface area contributed by atoms with E-state index in [1.54, 1.807) is 12.1 Å². The lowest BCUT2D eigenvalue weighted by Gasteiger charge is -2.31. The van der Waals surface area contributed by atoms with Crippen molar-refractivity contribution >= 4 is 23.6 Å². The summed E-state index contributed by atoms with van der Waals surface area (Å²) in [6, 6.07) is 5.02.